The van der Waals surface area contributed by atoms with Crippen molar-refractivity contribution < 1.29 is 34.7 Å². The quantitative estimate of drug-likeness (QED) is 0.381. The van der Waals surface area contributed by atoms with E-state index in [1.807, 2.05) is 0 Å². The molecule has 0 aliphatic carbocycles. The van der Waals surface area contributed by atoms with E-state index >= 15 is 0 Å². The lowest BCUT2D eigenvalue weighted by Crippen LogP contribution is -2.48. The summed E-state index contributed by atoms with van der Waals surface area (Å²) in [5.41, 5.74) is -2.16. The van der Waals surface area contributed by atoms with Crippen molar-refractivity contribution in [2.45, 2.75) is 31.7 Å². The number of phenols is 3. The highest BCUT2D eigenvalue weighted by Gasteiger charge is 2.44. The lowest BCUT2D eigenvalue weighted by Gasteiger charge is -2.40. The fourth-order valence-corrected chi connectivity index (χ4v) is 3.27. The lowest BCUT2D eigenvalue weighted by molar-refractivity contribution is -0.112. The van der Waals surface area contributed by atoms with Crippen LogP contribution in [0.2, 0.25) is 0 Å². The molecule has 0 spiro atoms. The number of ether oxygens (including phenoxy) is 1. The summed E-state index contributed by atoms with van der Waals surface area (Å²) >= 11 is 0. The Labute approximate surface area is 146 Å². The summed E-state index contributed by atoms with van der Waals surface area (Å²) in [7, 11) is 0. The van der Waals surface area contributed by atoms with Crippen LogP contribution in [0.3, 0.4) is 0 Å². The summed E-state index contributed by atoms with van der Waals surface area (Å²) in [5, 5.41) is 50.4. The van der Waals surface area contributed by atoms with Gasteiger partial charge in [-0.15, -0.1) is 0 Å². The first-order chi connectivity index (χ1) is 12.1. The Bertz CT molecular complexity index is 1130. The summed E-state index contributed by atoms with van der Waals surface area (Å²) in [4.78, 5) is 12.8. The predicted octanol–water partition coefficient (Wildman–Crippen LogP) is 1.63. The maximum absolute atomic E-state index is 12.8. The van der Waals surface area contributed by atoms with Crippen LogP contribution in [0.25, 0.3) is 21.9 Å². The molecule has 0 radical (unpaired) electrons. The molecule has 1 aliphatic heterocycles. The van der Waals surface area contributed by atoms with Crippen LogP contribution < -0.4 is 10.2 Å². The van der Waals surface area contributed by atoms with Crippen molar-refractivity contribution in [1.82, 2.24) is 0 Å². The third-order valence-electron chi connectivity index (χ3n) is 4.68. The van der Waals surface area contributed by atoms with Gasteiger partial charge in [-0.25, -0.2) is 0 Å². The summed E-state index contributed by atoms with van der Waals surface area (Å²) in [6.45, 7) is 3.08. The molecule has 2 aromatic carbocycles. The van der Waals surface area contributed by atoms with Gasteiger partial charge in [-0.1, -0.05) is 0 Å². The Kier molecular flexibility index (Phi) is 3.19. The van der Waals surface area contributed by atoms with E-state index < -0.39 is 34.7 Å². The van der Waals surface area contributed by atoms with Gasteiger partial charge in [0.05, 0.1) is 5.39 Å². The molecule has 0 saturated heterocycles. The molecule has 1 aromatic heterocycles. The molecule has 2 atom stereocenters. The number of rotatable bonds is 0. The van der Waals surface area contributed by atoms with E-state index in [2.05, 4.69) is 0 Å². The number of aromatic hydroxyl groups is 3. The second kappa shape index (κ2) is 5.03. The van der Waals surface area contributed by atoms with Crippen molar-refractivity contribution in [1.29, 1.82) is 0 Å². The molecule has 1 aliphatic rings. The molecule has 0 bridgehead atoms. The molecule has 26 heavy (non-hydrogen) atoms. The second-order valence-corrected chi connectivity index (χ2v) is 6.88. The third kappa shape index (κ3) is 2.06. The molecule has 4 rings (SSSR count). The van der Waals surface area contributed by atoms with Crippen LogP contribution in [0.15, 0.2) is 27.4 Å². The van der Waals surface area contributed by atoms with Gasteiger partial charge in [-0.2, -0.15) is 0 Å². The van der Waals surface area contributed by atoms with E-state index in [9.17, 15) is 30.3 Å². The van der Waals surface area contributed by atoms with E-state index in [1.54, 1.807) is 13.8 Å². The zero-order valence-electron chi connectivity index (χ0n) is 13.8. The minimum atomic E-state index is -1.40. The minimum absolute atomic E-state index is 0.0340. The zero-order valence-corrected chi connectivity index (χ0v) is 13.8. The van der Waals surface area contributed by atoms with Gasteiger partial charge in [0.15, 0.2) is 11.3 Å². The van der Waals surface area contributed by atoms with Crippen LogP contribution in [0.4, 0.5) is 0 Å². The highest BCUT2D eigenvalue weighted by Crippen LogP contribution is 2.48. The van der Waals surface area contributed by atoms with Crippen LogP contribution in [0.5, 0.6) is 23.0 Å². The summed E-state index contributed by atoms with van der Waals surface area (Å²) in [6.07, 6.45) is -2.68. The smallest absolute Gasteiger partial charge is 0.204 e. The van der Waals surface area contributed by atoms with Crippen LogP contribution in [-0.2, 0) is 0 Å². The fraction of sp³-hybridized carbons (Fsp3) is 0.278. The Morgan fingerprint density at radius 3 is 2.46 bits per heavy atom. The first-order valence-electron chi connectivity index (χ1n) is 7.85. The third-order valence-corrected chi connectivity index (χ3v) is 4.68. The number of aliphatic hydroxyl groups excluding tert-OH is 2. The molecular formula is C18H16O8. The Hall–Kier alpha value is -2.97. The van der Waals surface area contributed by atoms with Crippen LogP contribution >= 0.6 is 0 Å². The summed E-state index contributed by atoms with van der Waals surface area (Å²) in [6, 6.07) is 3.39. The SMILES string of the molecule is CC1(C)Oc2c(cc3c(=O)c4c(O)cc(O)cc4oc3c2O)[C@H](O)[C@@H]1O. The fourth-order valence-electron chi connectivity index (χ4n) is 3.27. The number of phenolic OH excluding ortho intramolecular Hbond substituents is 3. The van der Waals surface area contributed by atoms with E-state index in [4.69, 9.17) is 9.15 Å². The lowest BCUT2D eigenvalue weighted by atomic mass is 9.87. The summed E-state index contributed by atoms with van der Waals surface area (Å²) in [5.74, 6) is -1.41. The van der Waals surface area contributed by atoms with Crippen LogP contribution in [-0.4, -0.2) is 37.2 Å². The minimum Gasteiger partial charge on any atom is -0.508 e. The molecule has 0 fully saturated rings. The van der Waals surface area contributed by atoms with E-state index in [1.165, 1.54) is 6.07 Å². The standard InChI is InChI=1S/C18H16O8/c1-18(2)17(24)13(22)8-5-7-12(21)11-9(20)3-6(19)4-10(11)25-15(7)14(23)16(8)26-18/h3-5,13,17,19-20,22-24H,1-2H3/t13-,17-/m0/s1. The molecule has 0 saturated carbocycles. The van der Waals surface area contributed by atoms with Gasteiger partial charge < -0.3 is 34.7 Å². The molecule has 0 amide bonds. The Morgan fingerprint density at radius 1 is 1.08 bits per heavy atom. The van der Waals surface area contributed by atoms with Gasteiger partial charge in [-0.3, -0.25) is 4.79 Å². The molecule has 2 heterocycles. The van der Waals surface area contributed by atoms with Crippen LogP contribution in [0.1, 0.15) is 25.5 Å². The van der Waals surface area contributed by atoms with E-state index in [0.29, 0.717) is 0 Å². The van der Waals surface area contributed by atoms with Crippen molar-refractivity contribution in [3.63, 3.8) is 0 Å². The average molecular weight is 360 g/mol. The van der Waals surface area contributed by atoms with E-state index in [0.717, 1.165) is 12.1 Å². The normalized spacial score (nSPS) is 21.5. The number of hydrogen-bond acceptors (Lipinski definition) is 8. The number of hydrogen-bond donors (Lipinski definition) is 5. The van der Waals surface area contributed by atoms with Gasteiger partial charge in [0.25, 0.3) is 0 Å². The van der Waals surface area contributed by atoms with Gasteiger partial charge in [0.2, 0.25) is 11.2 Å². The van der Waals surface area contributed by atoms with Crippen molar-refractivity contribution in [2.75, 3.05) is 0 Å². The zero-order chi connectivity index (χ0) is 19.0. The summed E-state index contributed by atoms with van der Waals surface area (Å²) < 4.78 is 11.1. The van der Waals surface area contributed by atoms with E-state index in [-0.39, 0.29) is 39.0 Å². The number of aliphatic hydroxyl groups is 2. The Morgan fingerprint density at radius 2 is 1.77 bits per heavy atom. The molecular weight excluding hydrogens is 344 g/mol. The highest BCUT2D eigenvalue weighted by molar-refractivity contribution is 5.97. The molecule has 136 valence electrons. The topological polar surface area (TPSA) is 141 Å². The van der Waals surface area contributed by atoms with Gasteiger partial charge in [-0.05, 0) is 19.9 Å². The molecule has 5 N–H and O–H groups in total. The second-order valence-electron chi connectivity index (χ2n) is 6.88. The number of fused-ring (bicyclic) bond motifs is 3. The van der Waals surface area contributed by atoms with Gasteiger partial charge in [0.1, 0.15) is 40.3 Å². The van der Waals surface area contributed by atoms with Crippen molar-refractivity contribution in [3.8, 4) is 23.0 Å². The monoisotopic (exact) mass is 360 g/mol. The Balaban J connectivity index is 2.15. The molecule has 8 nitrogen and oxygen atoms in total. The predicted molar refractivity (Wildman–Crippen MR) is 90.7 cm³/mol. The van der Waals surface area contributed by atoms with Gasteiger partial charge >= 0.3 is 0 Å². The number of benzene rings is 2. The first-order valence-corrected chi connectivity index (χ1v) is 7.85. The molecule has 3 aromatic rings. The highest BCUT2D eigenvalue weighted by atomic mass is 16.5. The maximum atomic E-state index is 12.8. The van der Waals surface area contributed by atoms with Crippen molar-refractivity contribution >= 4 is 21.9 Å². The van der Waals surface area contributed by atoms with Crippen molar-refractivity contribution in [2.24, 2.45) is 0 Å². The largest absolute Gasteiger partial charge is 0.508 e. The van der Waals surface area contributed by atoms with Crippen LogP contribution in [0, 0.1) is 0 Å². The molecule has 0 unspecified atom stereocenters. The average Bonchev–Trinajstić information content (AvgIpc) is 2.54. The maximum Gasteiger partial charge on any atom is 0.204 e. The first kappa shape index (κ1) is 16.5. The van der Waals surface area contributed by atoms with Crippen molar-refractivity contribution in [3.05, 3.63) is 34.0 Å². The van der Waals surface area contributed by atoms with Gasteiger partial charge in [0, 0.05) is 17.7 Å². The molecule has 8 heteroatoms.